The number of rotatable bonds is 3. The summed E-state index contributed by atoms with van der Waals surface area (Å²) in [6, 6.07) is 8.17. The number of carbonyl (C=O) groups is 1. The number of nitrogens with one attached hydrogen (secondary N) is 2. The Morgan fingerprint density at radius 3 is 2.67 bits per heavy atom. The highest BCUT2D eigenvalue weighted by atomic mass is 32.1. The molecule has 2 aliphatic rings. The van der Waals surface area contributed by atoms with Crippen LogP contribution in [-0.2, 0) is 0 Å². The molecule has 2 aromatic heterocycles. The first kappa shape index (κ1) is 19.7. The SMILES string of the molecule is O=C(Nc1nc2cc3c(cc2[nH]1)OC(F)(F)O3)c1csc(-c2ccc3c(c2)OCCCO3)n1. The van der Waals surface area contributed by atoms with Crippen molar-refractivity contribution in [1.29, 1.82) is 0 Å². The van der Waals surface area contributed by atoms with Crippen LogP contribution in [0.4, 0.5) is 14.7 Å². The van der Waals surface area contributed by atoms with Crippen LogP contribution in [0, 0.1) is 0 Å². The van der Waals surface area contributed by atoms with E-state index in [0.29, 0.717) is 40.8 Å². The van der Waals surface area contributed by atoms with Gasteiger partial charge in [0.15, 0.2) is 23.0 Å². The van der Waals surface area contributed by atoms with E-state index in [1.165, 1.54) is 23.5 Å². The molecular formula is C21H14F2N4O5S. The van der Waals surface area contributed by atoms with Gasteiger partial charge in [-0.1, -0.05) is 0 Å². The Morgan fingerprint density at radius 1 is 1.03 bits per heavy atom. The van der Waals surface area contributed by atoms with Gasteiger partial charge in [-0.2, -0.15) is 0 Å². The average Bonchev–Trinajstić information content (AvgIpc) is 3.42. The summed E-state index contributed by atoms with van der Waals surface area (Å²) in [4.78, 5) is 24.2. The molecule has 33 heavy (non-hydrogen) atoms. The molecule has 0 fully saturated rings. The number of alkyl halides is 2. The molecule has 168 valence electrons. The number of benzene rings is 2. The molecule has 4 aromatic rings. The summed E-state index contributed by atoms with van der Waals surface area (Å²) >= 11 is 1.31. The van der Waals surface area contributed by atoms with Crippen molar-refractivity contribution in [2.24, 2.45) is 0 Å². The van der Waals surface area contributed by atoms with Gasteiger partial charge in [-0.05, 0) is 18.2 Å². The fraction of sp³-hybridized carbons (Fsp3) is 0.190. The highest BCUT2D eigenvalue weighted by Crippen LogP contribution is 2.43. The number of hydrogen-bond acceptors (Lipinski definition) is 8. The number of nitrogens with zero attached hydrogens (tertiary/aromatic N) is 2. The zero-order valence-electron chi connectivity index (χ0n) is 16.7. The van der Waals surface area contributed by atoms with Gasteiger partial charge in [0, 0.05) is 29.5 Å². The second kappa shape index (κ2) is 7.30. The van der Waals surface area contributed by atoms with Gasteiger partial charge < -0.3 is 23.9 Å². The summed E-state index contributed by atoms with van der Waals surface area (Å²) in [5.41, 5.74) is 1.74. The van der Waals surface area contributed by atoms with Crippen molar-refractivity contribution >= 4 is 34.2 Å². The van der Waals surface area contributed by atoms with Crippen LogP contribution in [0.15, 0.2) is 35.7 Å². The van der Waals surface area contributed by atoms with Crippen LogP contribution in [0.3, 0.4) is 0 Å². The lowest BCUT2D eigenvalue weighted by Gasteiger charge is -2.07. The van der Waals surface area contributed by atoms with Crippen molar-refractivity contribution in [3.05, 3.63) is 41.4 Å². The number of halogens is 2. The van der Waals surface area contributed by atoms with Gasteiger partial charge in [0.05, 0.1) is 24.2 Å². The molecule has 0 aliphatic carbocycles. The quantitative estimate of drug-likeness (QED) is 0.454. The van der Waals surface area contributed by atoms with Crippen molar-refractivity contribution in [2.45, 2.75) is 12.7 Å². The predicted octanol–water partition coefficient (Wildman–Crippen LogP) is 4.42. The predicted molar refractivity (Wildman–Crippen MR) is 113 cm³/mol. The van der Waals surface area contributed by atoms with E-state index in [4.69, 9.17) is 9.47 Å². The highest BCUT2D eigenvalue weighted by Gasteiger charge is 2.43. The maximum atomic E-state index is 13.2. The first-order chi connectivity index (χ1) is 15.9. The molecule has 0 atom stereocenters. The van der Waals surface area contributed by atoms with Crippen molar-refractivity contribution in [3.8, 4) is 33.6 Å². The van der Waals surface area contributed by atoms with Gasteiger partial charge in [0.25, 0.3) is 5.91 Å². The van der Waals surface area contributed by atoms with Gasteiger partial charge >= 0.3 is 6.29 Å². The fourth-order valence-corrected chi connectivity index (χ4v) is 4.29. The number of hydrogen-bond donors (Lipinski definition) is 2. The molecule has 6 rings (SSSR count). The van der Waals surface area contributed by atoms with E-state index in [1.807, 2.05) is 18.2 Å². The molecule has 0 bridgehead atoms. The monoisotopic (exact) mass is 472 g/mol. The summed E-state index contributed by atoms with van der Waals surface area (Å²) in [7, 11) is 0. The lowest BCUT2D eigenvalue weighted by atomic mass is 10.2. The summed E-state index contributed by atoms with van der Waals surface area (Å²) in [5, 5.41) is 4.90. The number of fused-ring (bicyclic) bond motifs is 3. The summed E-state index contributed by atoms with van der Waals surface area (Å²) in [6.07, 6.45) is -2.90. The molecule has 2 aliphatic heterocycles. The third-order valence-corrected chi connectivity index (χ3v) is 5.86. The molecule has 2 N–H and O–H groups in total. The van der Waals surface area contributed by atoms with Crippen LogP contribution in [0.1, 0.15) is 16.9 Å². The van der Waals surface area contributed by atoms with Gasteiger partial charge in [-0.25, -0.2) is 9.97 Å². The number of aromatic amines is 1. The minimum atomic E-state index is -3.71. The van der Waals surface area contributed by atoms with Crippen LogP contribution in [0.25, 0.3) is 21.6 Å². The number of thiazole rings is 1. The largest absolute Gasteiger partial charge is 0.586 e. The van der Waals surface area contributed by atoms with E-state index in [0.717, 1.165) is 12.0 Å². The summed E-state index contributed by atoms with van der Waals surface area (Å²) < 4.78 is 46.6. The van der Waals surface area contributed by atoms with Crippen molar-refractivity contribution in [1.82, 2.24) is 15.0 Å². The Hall–Kier alpha value is -3.93. The van der Waals surface area contributed by atoms with E-state index >= 15 is 0 Å². The molecule has 2 aromatic carbocycles. The van der Waals surface area contributed by atoms with Crippen LogP contribution in [0.5, 0.6) is 23.0 Å². The first-order valence-corrected chi connectivity index (χ1v) is 10.8. The average molecular weight is 472 g/mol. The van der Waals surface area contributed by atoms with Crippen LogP contribution in [0.2, 0.25) is 0 Å². The Morgan fingerprint density at radius 2 is 1.82 bits per heavy atom. The van der Waals surface area contributed by atoms with Gasteiger partial charge in [-0.15, -0.1) is 20.1 Å². The minimum Gasteiger partial charge on any atom is -0.490 e. The van der Waals surface area contributed by atoms with E-state index in [9.17, 15) is 13.6 Å². The van der Waals surface area contributed by atoms with Gasteiger partial charge in [0.2, 0.25) is 5.95 Å². The number of carbonyl (C=O) groups excluding carboxylic acids is 1. The third kappa shape index (κ3) is 3.67. The van der Waals surface area contributed by atoms with Crippen molar-refractivity contribution in [2.75, 3.05) is 18.5 Å². The summed E-state index contributed by atoms with van der Waals surface area (Å²) in [5.74, 6) is 0.741. The van der Waals surface area contributed by atoms with E-state index in [-0.39, 0.29) is 23.1 Å². The second-order valence-electron chi connectivity index (χ2n) is 7.27. The normalized spacial score (nSPS) is 15.9. The molecule has 0 unspecified atom stereocenters. The number of anilines is 1. The Kier molecular flexibility index (Phi) is 4.37. The molecule has 0 radical (unpaired) electrons. The molecule has 9 nitrogen and oxygen atoms in total. The molecule has 0 spiro atoms. The Bertz CT molecular complexity index is 1360. The van der Waals surface area contributed by atoms with Crippen LogP contribution in [-0.4, -0.2) is 40.4 Å². The Labute approximate surface area is 188 Å². The molecule has 12 heteroatoms. The number of H-pyrrole nitrogens is 1. The molecule has 0 saturated carbocycles. The maximum absolute atomic E-state index is 13.2. The van der Waals surface area contributed by atoms with E-state index < -0.39 is 12.2 Å². The smallest absolute Gasteiger partial charge is 0.490 e. The Balaban J connectivity index is 1.21. The zero-order chi connectivity index (χ0) is 22.6. The number of aromatic nitrogens is 3. The maximum Gasteiger partial charge on any atom is 0.586 e. The first-order valence-electron chi connectivity index (χ1n) is 9.90. The topological polar surface area (TPSA) is 108 Å². The molecule has 1 amide bonds. The highest BCUT2D eigenvalue weighted by molar-refractivity contribution is 7.13. The van der Waals surface area contributed by atoms with Crippen LogP contribution >= 0.6 is 11.3 Å². The summed E-state index contributed by atoms with van der Waals surface area (Å²) in [6.45, 7) is 1.17. The lowest BCUT2D eigenvalue weighted by Crippen LogP contribution is -2.25. The zero-order valence-corrected chi connectivity index (χ0v) is 17.5. The minimum absolute atomic E-state index is 0.117. The molecule has 4 heterocycles. The van der Waals surface area contributed by atoms with E-state index in [2.05, 4.69) is 29.7 Å². The van der Waals surface area contributed by atoms with E-state index in [1.54, 1.807) is 5.38 Å². The molecular weight excluding hydrogens is 458 g/mol. The fourth-order valence-electron chi connectivity index (χ4n) is 3.49. The van der Waals surface area contributed by atoms with Crippen molar-refractivity contribution < 1.29 is 32.5 Å². The lowest BCUT2D eigenvalue weighted by molar-refractivity contribution is -0.286. The number of imidazole rings is 1. The number of amides is 1. The third-order valence-electron chi connectivity index (χ3n) is 4.97. The standard InChI is InChI=1S/C21H14F2N4O5S/c22-21(23)31-16-7-11-12(8-17(16)32-21)26-20(25-11)27-18(28)13-9-33-19(24-13)10-2-3-14-15(6-10)30-5-1-4-29-14/h2-3,6-9H,1,4-5H2,(H2,25,26,27,28). The second-order valence-corrected chi connectivity index (χ2v) is 8.13. The number of ether oxygens (including phenoxy) is 4. The molecule has 0 saturated heterocycles. The van der Waals surface area contributed by atoms with Crippen molar-refractivity contribution in [3.63, 3.8) is 0 Å². The van der Waals surface area contributed by atoms with Gasteiger partial charge in [0.1, 0.15) is 10.7 Å². The van der Waals surface area contributed by atoms with Crippen LogP contribution < -0.4 is 24.3 Å². The van der Waals surface area contributed by atoms with Gasteiger partial charge in [-0.3, -0.25) is 10.1 Å².